The third-order valence-electron chi connectivity index (χ3n) is 6.95. The zero-order valence-electron chi connectivity index (χ0n) is 23.6. The van der Waals surface area contributed by atoms with Gasteiger partial charge in [0.05, 0.1) is 0 Å². The first-order valence-corrected chi connectivity index (χ1v) is 16.1. The van der Waals surface area contributed by atoms with Gasteiger partial charge in [0.15, 0.2) is 0 Å². The van der Waals surface area contributed by atoms with Crippen molar-refractivity contribution in [2.45, 2.75) is 56.6 Å². The van der Waals surface area contributed by atoms with Crippen molar-refractivity contribution in [1.82, 2.24) is 10.2 Å². The second-order valence-corrected chi connectivity index (χ2v) is 14.9. The lowest BCUT2D eigenvalue weighted by atomic mass is 9.88. The molecule has 1 aliphatic rings. The van der Waals surface area contributed by atoms with E-state index < -0.39 is 21.6 Å². The molecule has 3 aromatic rings. The molecule has 0 radical (unpaired) electrons. The average molecular weight is 549 g/mol. The molecular weight excluding hydrogens is 508 g/mol. The minimum Gasteiger partial charge on any atom is -0.444 e. The molecule has 2 amide bonds. The highest BCUT2D eigenvalue weighted by atomic mass is 32.2. The largest absolute Gasteiger partial charge is 0.444 e. The number of ether oxygens (including phenoxy) is 1. The summed E-state index contributed by atoms with van der Waals surface area (Å²) in [5.74, 6) is 0.404. The Balaban J connectivity index is 1.37. The highest BCUT2D eigenvalue weighted by molar-refractivity contribution is 8.01. The molecule has 4 rings (SSSR count). The van der Waals surface area contributed by atoms with Crippen LogP contribution in [0.1, 0.15) is 61.0 Å². The van der Waals surface area contributed by atoms with Crippen LogP contribution in [-0.2, 0) is 21.2 Å². The maximum absolute atomic E-state index is 13.4. The second-order valence-electron chi connectivity index (χ2n) is 11.6. The summed E-state index contributed by atoms with van der Waals surface area (Å²) in [7, 11) is -2.37. The summed E-state index contributed by atoms with van der Waals surface area (Å²) in [6.45, 7) is 7.33. The highest BCUT2D eigenvalue weighted by Gasteiger charge is 2.25. The summed E-state index contributed by atoms with van der Waals surface area (Å²) in [5.41, 5.74) is 4.31. The Morgan fingerprint density at radius 2 is 1.56 bits per heavy atom. The number of thiol groups is 1. The van der Waals surface area contributed by atoms with Gasteiger partial charge in [-0.3, -0.25) is 9.00 Å². The molecule has 39 heavy (non-hydrogen) atoms. The van der Waals surface area contributed by atoms with Crippen molar-refractivity contribution in [3.63, 3.8) is 0 Å². The zero-order chi connectivity index (χ0) is 28.2. The minimum atomic E-state index is -2.37. The van der Waals surface area contributed by atoms with Crippen LogP contribution in [-0.4, -0.2) is 52.3 Å². The van der Waals surface area contributed by atoms with Crippen molar-refractivity contribution in [1.29, 1.82) is 0 Å². The van der Waals surface area contributed by atoms with E-state index in [1.165, 1.54) is 5.56 Å². The number of benzene rings is 3. The average Bonchev–Trinajstić information content (AvgIpc) is 2.90. The van der Waals surface area contributed by atoms with E-state index in [1.807, 2.05) is 86.3 Å². The van der Waals surface area contributed by atoms with Gasteiger partial charge in [-0.25, -0.2) is 4.79 Å². The Bertz CT molecular complexity index is 1380. The van der Waals surface area contributed by atoms with Crippen LogP contribution in [0.15, 0.2) is 77.7 Å². The van der Waals surface area contributed by atoms with Gasteiger partial charge < -0.3 is 15.0 Å². The fourth-order valence-corrected chi connectivity index (χ4v) is 5.79. The third kappa shape index (κ3) is 7.79. The lowest BCUT2D eigenvalue weighted by Gasteiger charge is -2.32. The predicted molar refractivity (Wildman–Crippen MR) is 159 cm³/mol. The molecule has 0 atom stereocenters. The predicted octanol–water partition coefficient (Wildman–Crippen LogP) is 6.03. The number of hydrogen-bond acceptors (Lipinski definition) is 4. The van der Waals surface area contributed by atoms with Crippen LogP contribution in [0, 0.1) is 0 Å². The molecule has 0 spiro atoms. The maximum Gasteiger partial charge on any atom is 0.407 e. The van der Waals surface area contributed by atoms with Crippen LogP contribution >= 0.6 is 0 Å². The number of likely N-dealkylation sites (tertiary alicyclic amines) is 1. The van der Waals surface area contributed by atoms with E-state index in [2.05, 4.69) is 17.4 Å². The number of nitrogens with zero attached hydrogens (tertiary/aromatic N) is 1. The molecule has 6 nitrogen and oxygen atoms in total. The monoisotopic (exact) mass is 548 g/mol. The van der Waals surface area contributed by atoms with Gasteiger partial charge in [0.25, 0.3) is 5.91 Å². The van der Waals surface area contributed by atoms with E-state index in [0.717, 1.165) is 34.4 Å². The van der Waals surface area contributed by atoms with Gasteiger partial charge in [-0.2, -0.15) is 0 Å². The van der Waals surface area contributed by atoms with Crippen LogP contribution < -0.4 is 5.32 Å². The normalized spacial score (nSPS) is 15.1. The molecule has 1 aliphatic heterocycles. The van der Waals surface area contributed by atoms with E-state index in [1.54, 1.807) is 12.5 Å². The van der Waals surface area contributed by atoms with E-state index in [0.29, 0.717) is 31.1 Å². The van der Waals surface area contributed by atoms with E-state index >= 15 is 0 Å². The maximum atomic E-state index is 13.4. The van der Waals surface area contributed by atoms with Gasteiger partial charge in [-0.05, 0) is 98.6 Å². The molecule has 0 aliphatic carbocycles. The highest BCUT2D eigenvalue weighted by Crippen LogP contribution is 2.30. The van der Waals surface area contributed by atoms with Crippen molar-refractivity contribution in [2.24, 2.45) is 0 Å². The Morgan fingerprint density at radius 1 is 0.923 bits per heavy atom. The summed E-state index contributed by atoms with van der Waals surface area (Å²) in [6, 6.07) is 23.8. The summed E-state index contributed by atoms with van der Waals surface area (Å²) in [5, 5.41) is 2.82. The molecule has 1 N–H and O–H groups in total. The molecule has 1 fully saturated rings. The molecule has 1 heterocycles. The molecule has 0 unspecified atom stereocenters. The third-order valence-corrected chi connectivity index (χ3v) is 8.47. The zero-order valence-corrected chi connectivity index (χ0v) is 24.5. The first-order chi connectivity index (χ1) is 18.4. The van der Waals surface area contributed by atoms with Crippen molar-refractivity contribution < 1.29 is 18.5 Å². The van der Waals surface area contributed by atoms with Gasteiger partial charge in [-0.15, -0.1) is 0 Å². The van der Waals surface area contributed by atoms with Gasteiger partial charge in [-0.1, -0.05) is 58.5 Å². The first kappa shape index (κ1) is 28.6. The fourth-order valence-electron chi connectivity index (χ4n) is 4.90. The van der Waals surface area contributed by atoms with Crippen LogP contribution in [0.5, 0.6) is 0 Å². The molecule has 7 heteroatoms. The Hall–Kier alpha value is -3.45. The van der Waals surface area contributed by atoms with Crippen LogP contribution in [0.3, 0.4) is 0 Å². The lowest BCUT2D eigenvalue weighted by molar-refractivity contribution is 0.0523. The SMILES string of the molecule is CC(C)(C)OC(=O)NCc1cccc(C2CCN(C(=O)c3cccc(-c4cccc([SH](C)(C)=O)c4)c3)CC2)c1. The number of carbonyl (C=O) groups excluding carboxylic acids is 2. The lowest BCUT2D eigenvalue weighted by Crippen LogP contribution is -2.38. The fraction of sp³-hybridized carbons (Fsp3) is 0.375. The molecule has 3 aromatic carbocycles. The first-order valence-electron chi connectivity index (χ1n) is 13.5. The van der Waals surface area contributed by atoms with E-state index in [-0.39, 0.29) is 5.91 Å². The molecule has 0 saturated carbocycles. The second kappa shape index (κ2) is 11.7. The summed E-state index contributed by atoms with van der Waals surface area (Å²) in [4.78, 5) is 28.2. The van der Waals surface area contributed by atoms with Gasteiger partial charge in [0.2, 0.25) is 0 Å². The van der Waals surface area contributed by atoms with Gasteiger partial charge >= 0.3 is 6.09 Å². The molecule has 1 saturated heterocycles. The molecular formula is C32H40N2O4S. The topological polar surface area (TPSA) is 75.7 Å². The van der Waals surface area contributed by atoms with Crippen molar-refractivity contribution in [2.75, 3.05) is 25.6 Å². The number of piperidine rings is 1. The van der Waals surface area contributed by atoms with Crippen molar-refractivity contribution in [3.05, 3.63) is 89.5 Å². The number of carbonyl (C=O) groups is 2. The van der Waals surface area contributed by atoms with Crippen molar-refractivity contribution >= 4 is 21.9 Å². The standard InChI is InChI=1S/C32H40N2O4S/c1-32(2,3)38-31(36)33-22-23-9-6-10-25(19-23)24-15-17-34(18-16-24)30(35)28-13-7-11-26(20-28)27-12-8-14-29(21-27)39(4,5)37/h6-14,19-21,24,39H,15-18,22H2,1-5H3,(H,33,36). The Morgan fingerprint density at radius 3 is 2.23 bits per heavy atom. The van der Waals surface area contributed by atoms with Gasteiger partial charge in [0, 0.05) is 30.1 Å². The Kier molecular flexibility index (Phi) is 8.60. The number of rotatable bonds is 6. The van der Waals surface area contributed by atoms with E-state index in [4.69, 9.17) is 4.74 Å². The van der Waals surface area contributed by atoms with E-state index in [9.17, 15) is 13.8 Å². The summed E-state index contributed by atoms with van der Waals surface area (Å²) < 4.78 is 17.9. The van der Waals surface area contributed by atoms with Crippen molar-refractivity contribution in [3.8, 4) is 11.1 Å². The number of amides is 2. The van der Waals surface area contributed by atoms with Gasteiger partial charge in [0.1, 0.15) is 5.60 Å². The number of alkyl carbamates (subject to hydrolysis) is 1. The summed E-state index contributed by atoms with van der Waals surface area (Å²) >= 11 is 0. The Labute approximate surface area is 233 Å². The quantitative estimate of drug-likeness (QED) is 0.369. The number of nitrogens with one attached hydrogen (secondary N) is 1. The number of hydrogen-bond donors (Lipinski definition) is 2. The van der Waals surface area contributed by atoms with Crippen LogP contribution in [0.2, 0.25) is 0 Å². The molecule has 208 valence electrons. The molecule has 0 bridgehead atoms. The van der Waals surface area contributed by atoms with Crippen LogP contribution in [0.4, 0.5) is 4.79 Å². The molecule has 0 aromatic heterocycles. The smallest absolute Gasteiger partial charge is 0.407 e. The van der Waals surface area contributed by atoms with Crippen LogP contribution in [0.25, 0.3) is 11.1 Å². The summed E-state index contributed by atoms with van der Waals surface area (Å²) in [6.07, 6.45) is 4.89. The minimum absolute atomic E-state index is 0.0402.